The van der Waals surface area contributed by atoms with Gasteiger partial charge in [-0.1, -0.05) is 132 Å². The molecule has 366 valence electrons. The molecule has 0 N–H and O–H groups in total. The fourth-order valence-electron chi connectivity index (χ4n) is 6.88. The van der Waals surface area contributed by atoms with Gasteiger partial charge in [-0.25, -0.2) is 26.3 Å². The minimum absolute atomic E-state index is 0.308. The standard InChI is InChI=1S/C20H20NP.2C18H12F3P.2Cu.2HI/c1-15-4-8-18(9-5-15)22(19-10-6-16(2)7-11-19)20-14-17(3)12-13-21-20;2*19-13-1-7-16(8-2-13)22(17-9-3-14(20)4-10-17)18-11-5-15(21)6-12-18;;;;/h4-14H,1-3H3;2*1-12H;;;2*1H/q;;;2*+1;;/p-2. The second-order valence-corrected chi connectivity index (χ2v) is 21.8. The van der Waals surface area contributed by atoms with Crippen molar-refractivity contribution in [3.8, 4) is 0 Å². The van der Waals surface area contributed by atoms with Gasteiger partial charge in [-0.05, 0) is 170 Å². The third kappa shape index (κ3) is 17.2. The molecule has 0 saturated carbocycles. The van der Waals surface area contributed by atoms with E-state index in [9.17, 15) is 26.3 Å². The molecule has 70 heavy (non-hydrogen) atoms. The fraction of sp³-hybridized carbons (Fsp3) is 0.0536. The van der Waals surface area contributed by atoms with E-state index >= 15 is 0 Å². The predicted octanol–water partition coefficient (Wildman–Crippen LogP) is 13.3. The molecule has 0 radical (unpaired) electrons. The first-order valence-electron chi connectivity index (χ1n) is 21.1. The Hall–Kier alpha value is -3.72. The van der Waals surface area contributed by atoms with Crippen molar-refractivity contribution in [3.05, 3.63) is 264 Å². The first-order chi connectivity index (χ1) is 33.9. The number of halogens is 8. The number of nitrogens with zero attached hydrogens (tertiary/aromatic N) is 1. The number of rotatable bonds is 9. The maximum atomic E-state index is 13.2. The van der Waals surface area contributed by atoms with Crippen LogP contribution in [-0.4, -0.2) is 4.98 Å². The zero-order valence-corrected chi connectivity index (χ0v) is 46.5. The summed E-state index contributed by atoms with van der Waals surface area (Å²) in [6, 6.07) is 59.4. The minimum atomic E-state index is -0.983. The second-order valence-electron chi connectivity index (χ2n) is 15.2. The first kappa shape index (κ1) is 57.2. The Morgan fingerprint density at radius 2 is 0.486 bits per heavy atom. The van der Waals surface area contributed by atoms with E-state index in [2.05, 4.69) is 112 Å². The number of hydrogen-bond donors (Lipinski definition) is 0. The Balaban J connectivity index is 0.000000189. The number of benzene rings is 8. The van der Waals surface area contributed by atoms with E-state index in [0.717, 1.165) is 31.8 Å². The van der Waals surface area contributed by atoms with Crippen molar-refractivity contribution in [3.63, 3.8) is 0 Å². The Morgan fingerprint density at radius 1 is 0.286 bits per heavy atom. The summed E-state index contributed by atoms with van der Waals surface area (Å²) < 4.78 is 79.0. The molecule has 0 bridgehead atoms. The van der Waals surface area contributed by atoms with Gasteiger partial charge in [-0.2, -0.15) is 0 Å². The Morgan fingerprint density at radius 3 is 0.700 bits per heavy atom. The van der Waals surface area contributed by atoms with Gasteiger partial charge in [0.1, 0.15) is 34.9 Å². The van der Waals surface area contributed by atoms with Crippen LogP contribution in [0.5, 0.6) is 0 Å². The van der Waals surface area contributed by atoms with Gasteiger partial charge in [-0.15, -0.1) is 0 Å². The van der Waals surface area contributed by atoms with Crippen molar-refractivity contribution in [2.45, 2.75) is 20.8 Å². The number of pyridine rings is 1. The van der Waals surface area contributed by atoms with Crippen LogP contribution in [0.15, 0.2) is 212 Å². The SMILES string of the molecule is Cc1ccc(P(c2ccc(C)cc2)c2cc(C)ccn2)cc1.Fc1ccc(P(c2ccc(F)cc2)c2ccc(F)cc2)cc1.Fc1ccc(P(c2ccc(F)cc2)c2ccc(F)cc2)cc1.[Cu][I].[Cu][I]. The van der Waals surface area contributed by atoms with Crippen LogP contribution in [0.3, 0.4) is 0 Å². The quantitative estimate of drug-likeness (QED) is 0.0607. The molecule has 0 aliphatic rings. The molecule has 0 spiro atoms. The summed E-state index contributed by atoms with van der Waals surface area (Å²) in [5.41, 5.74) is 5.01. The third-order valence-electron chi connectivity index (χ3n) is 10.2. The average molecular weight is 1320 g/mol. The Bertz CT molecular complexity index is 2540. The fourth-order valence-corrected chi connectivity index (χ4v) is 13.6. The number of aromatic nitrogens is 1. The topological polar surface area (TPSA) is 12.9 Å². The summed E-state index contributed by atoms with van der Waals surface area (Å²) in [7, 11) is -2.56. The molecule has 0 atom stereocenters. The zero-order chi connectivity index (χ0) is 50.6. The van der Waals surface area contributed by atoms with Crippen LogP contribution in [0.4, 0.5) is 26.3 Å². The number of aryl methyl sites for hydroxylation is 3. The summed E-state index contributed by atoms with van der Waals surface area (Å²) >= 11 is 11.7. The van der Waals surface area contributed by atoms with E-state index in [1.807, 2.05) is 6.20 Å². The molecule has 1 aromatic heterocycles. The molecule has 0 amide bonds. The first-order valence-corrected chi connectivity index (χ1v) is 31.2. The van der Waals surface area contributed by atoms with Gasteiger partial charge in [0.25, 0.3) is 0 Å². The van der Waals surface area contributed by atoms with Crippen LogP contribution >= 0.6 is 64.5 Å². The molecule has 0 aliphatic heterocycles. The van der Waals surface area contributed by atoms with Crippen molar-refractivity contribution in [1.82, 2.24) is 4.98 Å². The molecule has 9 aromatic rings. The van der Waals surface area contributed by atoms with Crippen LogP contribution in [-0.2, 0) is 25.5 Å². The van der Waals surface area contributed by atoms with Gasteiger partial charge in [-0.3, -0.25) is 4.98 Å². The van der Waals surface area contributed by atoms with E-state index in [1.54, 1.807) is 113 Å². The van der Waals surface area contributed by atoms with Crippen molar-refractivity contribution >= 4 is 112 Å². The van der Waals surface area contributed by atoms with E-state index in [-0.39, 0.29) is 34.9 Å². The molecule has 1 nitrogen and oxygen atoms in total. The van der Waals surface area contributed by atoms with Crippen LogP contribution in [0, 0.1) is 55.7 Å². The normalized spacial score (nSPS) is 10.5. The molecule has 0 unspecified atom stereocenters. The average Bonchev–Trinajstić information content (AvgIpc) is 3.38. The maximum absolute atomic E-state index is 13.2. The van der Waals surface area contributed by atoms with Crippen molar-refractivity contribution in [2.75, 3.05) is 0 Å². The van der Waals surface area contributed by atoms with Gasteiger partial charge in [0.05, 0.1) is 5.44 Å². The summed E-state index contributed by atoms with van der Waals surface area (Å²) in [6.07, 6.45) is 1.92. The van der Waals surface area contributed by atoms with Crippen molar-refractivity contribution < 1.29 is 51.9 Å². The summed E-state index contributed by atoms with van der Waals surface area (Å²) in [6.45, 7) is 6.38. The molecular formula is C56H44Cu2F6I2NP3. The molecule has 14 heteroatoms. The molecule has 8 aromatic carbocycles. The summed E-state index contributed by atoms with van der Waals surface area (Å²) in [5, 5.41) is 8.25. The van der Waals surface area contributed by atoms with E-state index in [1.165, 1.54) is 106 Å². The molecule has 1 heterocycles. The van der Waals surface area contributed by atoms with Crippen LogP contribution in [0.2, 0.25) is 0 Å². The van der Waals surface area contributed by atoms with Gasteiger partial charge < -0.3 is 0 Å². The van der Waals surface area contributed by atoms with Crippen LogP contribution in [0.25, 0.3) is 0 Å². The van der Waals surface area contributed by atoms with Crippen LogP contribution < -0.4 is 47.9 Å². The summed E-state index contributed by atoms with van der Waals surface area (Å²) in [5.74, 6) is -1.85. The molecule has 9 rings (SSSR count). The van der Waals surface area contributed by atoms with Crippen molar-refractivity contribution in [1.29, 1.82) is 0 Å². The third-order valence-corrected chi connectivity index (χ3v) is 17.4. The molecule has 0 aliphatic carbocycles. The van der Waals surface area contributed by atoms with Crippen LogP contribution in [0.1, 0.15) is 16.7 Å². The predicted molar refractivity (Wildman–Crippen MR) is 295 cm³/mol. The van der Waals surface area contributed by atoms with E-state index in [0.29, 0.717) is 0 Å². The molecule has 0 saturated heterocycles. The second kappa shape index (κ2) is 29.7. The molecular weight excluding hydrogens is 1270 g/mol. The Labute approximate surface area is 449 Å². The summed E-state index contributed by atoms with van der Waals surface area (Å²) in [4.78, 5) is 4.67. The zero-order valence-electron chi connectivity index (χ0n) is 37.6. The van der Waals surface area contributed by atoms with Gasteiger partial charge in [0.2, 0.25) is 0 Å². The van der Waals surface area contributed by atoms with Crippen molar-refractivity contribution in [2.24, 2.45) is 0 Å². The monoisotopic (exact) mass is 1320 g/mol. The molecule has 0 fully saturated rings. The Kier molecular flexibility index (Phi) is 24.3. The van der Waals surface area contributed by atoms with E-state index < -0.39 is 23.8 Å². The van der Waals surface area contributed by atoms with Gasteiger partial charge in [0, 0.05) is 14.1 Å². The van der Waals surface area contributed by atoms with E-state index in [4.69, 9.17) is 0 Å². The van der Waals surface area contributed by atoms with Gasteiger partial charge >= 0.3 is 66.2 Å². The van der Waals surface area contributed by atoms with Gasteiger partial charge in [0.15, 0.2) is 0 Å². The number of hydrogen-bond acceptors (Lipinski definition) is 1.